The van der Waals surface area contributed by atoms with Crippen molar-refractivity contribution in [3.8, 4) is 5.75 Å². The van der Waals surface area contributed by atoms with Crippen LogP contribution in [0, 0.1) is 11.6 Å². The molecule has 0 spiro atoms. The Kier molecular flexibility index (Phi) is 3.56. The largest absolute Gasteiger partial charge is 0.488 e. The van der Waals surface area contributed by atoms with Gasteiger partial charge in [0.05, 0.1) is 0 Å². The summed E-state index contributed by atoms with van der Waals surface area (Å²) in [6, 6.07) is 1.47. The van der Waals surface area contributed by atoms with Gasteiger partial charge in [-0.3, -0.25) is 4.79 Å². The zero-order chi connectivity index (χ0) is 11.4. The molecule has 0 radical (unpaired) electrons. The van der Waals surface area contributed by atoms with E-state index in [4.69, 9.17) is 15.6 Å². The standard InChI is InChI=1S/C9H9F2NO3/c10-5-1-2-8(6(11)3-5)15-4-7(12)9(13)14/h1-3,7H,4,12H2,(H,13,14)/t7-/m1/s1. The fourth-order valence-electron chi connectivity index (χ4n) is 0.843. The van der Waals surface area contributed by atoms with Crippen LogP contribution in [0.4, 0.5) is 8.78 Å². The minimum absolute atomic E-state index is 0.229. The summed E-state index contributed by atoms with van der Waals surface area (Å²) in [4.78, 5) is 10.3. The van der Waals surface area contributed by atoms with E-state index in [-0.39, 0.29) is 12.4 Å². The van der Waals surface area contributed by atoms with Crippen LogP contribution in [0.2, 0.25) is 0 Å². The molecule has 0 fully saturated rings. The van der Waals surface area contributed by atoms with Crippen LogP contribution in [0.1, 0.15) is 0 Å². The second-order valence-corrected chi connectivity index (χ2v) is 2.83. The third kappa shape index (κ3) is 3.17. The highest BCUT2D eigenvalue weighted by Gasteiger charge is 2.13. The minimum Gasteiger partial charge on any atom is -0.488 e. The third-order valence-electron chi connectivity index (χ3n) is 1.63. The van der Waals surface area contributed by atoms with Crippen molar-refractivity contribution in [1.82, 2.24) is 0 Å². The van der Waals surface area contributed by atoms with E-state index in [0.29, 0.717) is 6.07 Å². The molecule has 0 aromatic heterocycles. The van der Waals surface area contributed by atoms with E-state index in [1.807, 2.05) is 0 Å². The Morgan fingerprint density at radius 1 is 1.53 bits per heavy atom. The van der Waals surface area contributed by atoms with Gasteiger partial charge < -0.3 is 15.6 Å². The van der Waals surface area contributed by atoms with Gasteiger partial charge in [0.2, 0.25) is 0 Å². The maximum absolute atomic E-state index is 12.9. The molecule has 0 aliphatic heterocycles. The predicted octanol–water partition coefficient (Wildman–Crippen LogP) is 0.756. The Hall–Kier alpha value is -1.69. The molecule has 3 N–H and O–H groups in total. The second-order valence-electron chi connectivity index (χ2n) is 2.83. The summed E-state index contributed by atoms with van der Waals surface area (Å²) in [5.41, 5.74) is 5.12. The number of ether oxygens (including phenoxy) is 1. The first-order valence-electron chi connectivity index (χ1n) is 4.07. The Morgan fingerprint density at radius 2 is 2.20 bits per heavy atom. The van der Waals surface area contributed by atoms with Gasteiger partial charge in [-0.05, 0) is 12.1 Å². The van der Waals surface area contributed by atoms with Gasteiger partial charge in [-0.2, -0.15) is 0 Å². The molecule has 0 aliphatic carbocycles. The Bertz CT molecular complexity index is 370. The van der Waals surface area contributed by atoms with Crippen molar-refractivity contribution in [2.75, 3.05) is 6.61 Å². The summed E-state index contributed by atoms with van der Waals surface area (Å²) >= 11 is 0. The number of halogens is 2. The molecule has 1 aromatic rings. The number of benzene rings is 1. The summed E-state index contributed by atoms with van der Waals surface area (Å²) < 4.78 is 30.2. The lowest BCUT2D eigenvalue weighted by Crippen LogP contribution is -2.36. The molecule has 0 unspecified atom stereocenters. The molecule has 1 aromatic carbocycles. The highest BCUT2D eigenvalue weighted by atomic mass is 19.1. The highest BCUT2D eigenvalue weighted by Crippen LogP contribution is 2.17. The minimum atomic E-state index is -1.25. The topological polar surface area (TPSA) is 72.5 Å². The lowest BCUT2D eigenvalue weighted by atomic mass is 10.3. The smallest absolute Gasteiger partial charge is 0.324 e. The van der Waals surface area contributed by atoms with E-state index in [1.165, 1.54) is 0 Å². The van der Waals surface area contributed by atoms with Gasteiger partial charge in [0.15, 0.2) is 11.6 Å². The Morgan fingerprint density at radius 3 is 2.73 bits per heavy atom. The molecule has 0 amide bonds. The van der Waals surface area contributed by atoms with E-state index < -0.39 is 23.6 Å². The highest BCUT2D eigenvalue weighted by molar-refractivity contribution is 5.73. The quantitative estimate of drug-likeness (QED) is 0.780. The molecule has 15 heavy (non-hydrogen) atoms. The van der Waals surface area contributed by atoms with E-state index in [2.05, 4.69) is 0 Å². The lowest BCUT2D eigenvalue weighted by molar-refractivity contribution is -0.139. The molecule has 0 saturated heterocycles. The molecule has 0 heterocycles. The van der Waals surface area contributed by atoms with Crippen LogP contribution in [-0.4, -0.2) is 23.7 Å². The van der Waals surface area contributed by atoms with Gasteiger partial charge in [-0.1, -0.05) is 0 Å². The van der Waals surface area contributed by atoms with Crippen molar-refractivity contribution >= 4 is 5.97 Å². The van der Waals surface area contributed by atoms with Crippen molar-refractivity contribution in [2.45, 2.75) is 6.04 Å². The Balaban J connectivity index is 2.62. The number of hydrogen-bond donors (Lipinski definition) is 2. The van der Waals surface area contributed by atoms with Gasteiger partial charge in [-0.15, -0.1) is 0 Å². The average Bonchev–Trinajstić information content (AvgIpc) is 2.15. The van der Waals surface area contributed by atoms with E-state index in [0.717, 1.165) is 12.1 Å². The fourth-order valence-corrected chi connectivity index (χ4v) is 0.843. The molecular formula is C9H9F2NO3. The van der Waals surface area contributed by atoms with Crippen LogP contribution in [0.5, 0.6) is 5.75 Å². The summed E-state index contributed by atoms with van der Waals surface area (Å²) in [5, 5.41) is 8.41. The first kappa shape index (κ1) is 11.4. The number of rotatable bonds is 4. The molecule has 82 valence electrons. The normalized spacial score (nSPS) is 12.2. The van der Waals surface area contributed by atoms with Gasteiger partial charge >= 0.3 is 5.97 Å². The first-order chi connectivity index (χ1) is 7.00. The van der Waals surface area contributed by atoms with Crippen LogP contribution in [-0.2, 0) is 4.79 Å². The van der Waals surface area contributed by atoms with Crippen LogP contribution < -0.4 is 10.5 Å². The SMILES string of the molecule is N[C@H](COc1ccc(F)cc1F)C(=O)O. The number of hydrogen-bond acceptors (Lipinski definition) is 3. The molecule has 6 heteroatoms. The van der Waals surface area contributed by atoms with E-state index >= 15 is 0 Å². The molecule has 0 saturated carbocycles. The zero-order valence-corrected chi connectivity index (χ0v) is 7.61. The van der Waals surface area contributed by atoms with Crippen LogP contribution in [0.25, 0.3) is 0 Å². The maximum atomic E-state index is 12.9. The summed E-state index contributed by atoms with van der Waals surface area (Å²) in [7, 11) is 0. The van der Waals surface area contributed by atoms with E-state index in [1.54, 1.807) is 0 Å². The van der Waals surface area contributed by atoms with Gasteiger partial charge in [-0.25, -0.2) is 8.78 Å². The predicted molar refractivity (Wildman–Crippen MR) is 47.5 cm³/mol. The number of nitrogens with two attached hydrogens (primary N) is 1. The average molecular weight is 217 g/mol. The Labute approximate surface area is 84.3 Å². The first-order valence-corrected chi connectivity index (χ1v) is 4.07. The van der Waals surface area contributed by atoms with Crippen LogP contribution in [0.15, 0.2) is 18.2 Å². The number of aliphatic carboxylic acids is 1. The van der Waals surface area contributed by atoms with Crippen molar-refractivity contribution < 1.29 is 23.4 Å². The van der Waals surface area contributed by atoms with Crippen molar-refractivity contribution in [3.63, 3.8) is 0 Å². The second kappa shape index (κ2) is 4.70. The fraction of sp³-hybridized carbons (Fsp3) is 0.222. The molecular weight excluding hydrogens is 208 g/mol. The number of carboxylic acid groups (broad SMARTS) is 1. The number of carbonyl (C=O) groups is 1. The third-order valence-corrected chi connectivity index (χ3v) is 1.63. The van der Waals surface area contributed by atoms with Crippen molar-refractivity contribution in [1.29, 1.82) is 0 Å². The monoisotopic (exact) mass is 217 g/mol. The molecule has 4 nitrogen and oxygen atoms in total. The maximum Gasteiger partial charge on any atom is 0.324 e. The van der Waals surface area contributed by atoms with Crippen LogP contribution in [0.3, 0.4) is 0 Å². The lowest BCUT2D eigenvalue weighted by Gasteiger charge is -2.09. The van der Waals surface area contributed by atoms with Gasteiger partial charge in [0.25, 0.3) is 0 Å². The van der Waals surface area contributed by atoms with E-state index in [9.17, 15) is 13.6 Å². The summed E-state index contributed by atoms with van der Waals surface area (Å²) in [6.45, 7) is -0.377. The number of carboxylic acids is 1. The molecule has 0 bridgehead atoms. The summed E-state index contributed by atoms with van der Waals surface area (Å²) in [5.74, 6) is -3.11. The van der Waals surface area contributed by atoms with Crippen molar-refractivity contribution in [2.24, 2.45) is 5.73 Å². The van der Waals surface area contributed by atoms with Crippen molar-refractivity contribution in [3.05, 3.63) is 29.8 Å². The van der Waals surface area contributed by atoms with Crippen LogP contribution >= 0.6 is 0 Å². The van der Waals surface area contributed by atoms with Gasteiger partial charge in [0, 0.05) is 6.07 Å². The molecule has 1 rings (SSSR count). The van der Waals surface area contributed by atoms with Gasteiger partial charge in [0.1, 0.15) is 18.5 Å². The molecule has 1 atom stereocenters. The summed E-state index contributed by atoms with van der Waals surface area (Å²) in [6.07, 6.45) is 0. The zero-order valence-electron chi connectivity index (χ0n) is 7.61. The molecule has 0 aliphatic rings.